The number of carbonyl (C=O) groups excluding carboxylic acids is 1. The molecule has 1 unspecified atom stereocenters. The van der Waals surface area contributed by atoms with Crippen LogP contribution in [0, 0.1) is 0 Å². The zero-order chi connectivity index (χ0) is 11.5. The maximum Gasteiger partial charge on any atom is 0.219 e. The van der Waals surface area contributed by atoms with Gasteiger partial charge in [0.25, 0.3) is 0 Å². The molecule has 0 aliphatic heterocycles. The van der Waals surface area contributed by atoms with Crippen molar-refractivity contribution < 1.29 is 9.90 Å². The van der Waals surface area contributed by atoms with Crippen LogP contribution in [-0.4, -0.2) is 30.2 Å². The average Bonchev–Trinajstić information content (AvgIpc) is 2.17. The minimum Gasteiger partial charge on any atom is -0.396 e. The van der Waals surface area contributed by atoms with Gasteiger partial charge in [-0.3, -0.25) is 4.79 Å². The summed E-state index contributed by atoms with van der Waals surface area (Å²) in [6.07, 6.45) is 5.07. The van der Waals surface area contributed by atoms with Crippen molar-refractivity contribution in [3.05, 3.63) is 0 Å². The minimum absolute atomic E-state index is 0.111. The van der Waals surface area contributed by atoms with E-state index in [0.29, 0.717) is 6.42 Å². The molecule has 0 aromatic rings. The third kappa shape index (κ3) is 11.3. The van der Waals surface area contributed by atoms with Crippen molar-refractivity contribution in [3.63, 3.8) is 0 Å². The summed E-state index contributed by atoms with van der Waals surface area (Å²) in [6.45, 7) is 2.91. The highest BCUT2D eigenvalue weighted by Crippen LogP contribution is 1.98. The Bertz CT molecular complexity index is 161. The van der Waals surface area contributed by atoms with E-state index < -0.39 is 0 Å². The number of nitrogens with two attached hydrogens (primary N) is 1. The van der Waals surface area contributed by atoms with Gasteiger partial charge in [0.1, 0.15) is 0 Å². The number of nitrogens with one attached hydrogen (secondary N) is 1. The predicted octanol–water partition coefficient (Wildman–Crippen LogP) is 0.783. The Morgan fingerprint density at radius 2 is 2.07 bits per heavy atom. The summed E-state index contributed by atoms with van der Waals surface area (Å²) in [7, 11) is 0. The van der Waals surface area contributed by atoms with Gasteiger partial charge in [-0.05, 0) is 39.0 Å². The maximum atomic E-state index is 11.3. The maximum absolute atomic E-state index is 11.3. The lowest BCUT2D eigenvalue weighted by Gasteiger charge is -2.06. The number of unbranched alkanes of at least 4 members (excludes halogenated alkanes) is 2. The van der Waals surface area contributed by atoms with Gasteiger partial charge in [0.05, 0.1) is 0 Å². The molecule has 4 N–H and O–H groups in total. The smallest absolute Gasteiger partial charge is 0.219 e. The Kier molecular flexibility index (Phi) is 9.52. The number of aliphatic hydroxyl groups is 1. The van der Waals surface area contributed by atoms with E-state index in [4.69, 9.17) is 10.8 Å². The summed E-state index contributed by atoms with van der Waals surface area (Å²) in [6, 6.07) is 0.183. The molecule has 0 aliphatic carbocycles. The number of hydrogen-bond acceptors (Lipinski definition) is 3. The quantitative estimate of drug-likeness (QED) is 0.499. The van der Waals surface area contributed by atoms with Crippen molar-refractivity contribution in [2.45, 2.75) is 51.5 Å². The van der Waals surface area contributed by atoms with Crippen LogP contribution in [0.1, 0.15) is 45.4 Å². The molecule has 0 aliphatic rings. The standard InChI is InChI=1S/C11H24N2O2/c1-10(12)6-5-7-11(15)13-8-3-2-4-9-14/h10,14H,2-9,12H2,1H3,(H,13,15). The molecular weight excluding hydrogens is 192 g/mol. The van der Waals surface area contributed by atoms with E-state index in [1.54, 1.807) is 0 Å². The Morgan fingerprint density at radius 1 is 1.33 bits per heavy atom. The number of hydrogen-bond donors (Lipinski definition) is 3. The lowest BCUT2D eigenvalue weighted by atomic mass is 10.1. The summed E-state index contributed by atoms with van der Waals surface area (Å²) in [4.78, 5) is 11.3. The Morgan fingerprint density at radius 3 is 2.67 bits per heavy atom. The fraction of sp³-hybridized carbons (Fsp3) is 0.909. The molecule has 4 nitrogen and oxygen atoms in total. The normalized spacial score (nSPS) is 12.5. The van der Waals surface area contributed by atoms with E-state index in [2.05, 4.69) is 5.32 Å². The molecule has 0 fully saturated rings. The van der Waals surface area contributed by atoms with Crippen LogP contribution >= 0.6 is 0 Å². The molecule has 0 saturated carbocycles. The molecule has 1 amide bonds. The van der Waals surface area contributed by atoms with Crippen molar-refractivity contribution >= 4 is 5.91 Å². The van der Waals surface area contributed by atoms with Crippen molar-refractivity contribution in [1.82, 2.24) is 5.32 Å². The van der Waals surface area contributed by atoms with E-state index in [9.17, 15) is 4.79 Å². The Hall–Kier alpha value is -0.610. The topological polar surface area (TPSA) is 75.4 Å². The third-order valence-electron chi connectivity index (χ3n) is 2.22. The lowest BCUT2D eigenvalue weighted by molar-refractivity contribution is -0.121. The summed E-state index contributed by atoms with van der Waals surface area (Å²) >= 11 is 0. The largest absolute Gasteiger partial charge is 0.396 e. The van der Waals surface area contributed by atoms with Gasteiger partial charge in [-0.1, -0.05) is 0 Å². The monoisotopic (exact) mass is 216 g/mol. The Labute approximate surface area is 92.2 Å². The van der Waals surface area contributed by atoms with E-state index in [0.717, 1.165) is 38.6 Å². The summed E-state index contributed by atoms with van der Waals surface area (Å²) in [5.41, 5.74) is 5.58. The molecule has 0 bridgehead atoms. The number of carbonyl (C=O) groups is 1. The third-order valence-corrected chi connectivity index (χ3v) is 2.22. The average molecular weight is 216 g/mol. The van der Waals surface area contributed by atoms with Crippen LogP contribution in [-0.2, 0) is 4.79 Å². The molecule has 4 heteroatoms. The van der Waals surface area contributed by atoms with Crippen molar-refractivity contribution in [2.24, 2.45) is 5.73 Å². The number of aliphatic hydroxyl groups excluding tert-OH is 1. The van der Waals surface area contributed by atoms with Crippen LogP contribution in [0.25, 0.3) is 0 Å². The highest BCUT2D eigenvalue weighted by Gasteiger charge is 2.01. The second kappa shape index (κ2) is 9.93. The van der Waals surface area contributed by atoms with E-state index in [1.165, 1.54) is 0 Å². The molecule has 0 radical (unpaired) electrons. The first-order valence-electron chi connectivity index (χ1n) is 5.80. The molecule has 90 valence electrons. The summed E-state index contributed by atoms with van der Waals surface area (Å²) in [5.74, 6) is 0.111. The minimum atomic E-state index is 0.111. The summed E-state index contributed by atoms with van der Waals surface area (Å²) < 4.78 is 0. The van der Waals surface area contributed by atoms with Crippen LogP contribution in [0.4, 0.5) is 0 Å². The zero-order valence-corrected chi connectivity index (χ0v) is 9.67. The number of rotatable bonds is 9. The molecule has 1 atom stereocenters. The van der Waals surface area contributed by atoms with Gasteiger partial charge in [-0.2, -0.15) is 0 Å². The Balaban J connectivity index is 3.19. The van der Waals surface area contributed by atoms with Crippen LogP contribution in [0.3, 0.4) is 0 Å². The van der Waals surface area contributed by atoms with Crippen LogP contribution in [0.2, 0.25) is 0 Å². The van der Waals surface area contributed by atoms with E-state index >= 15 is 0 Å². The molecule has 0 aromatic heterocycles. The molecule has 0 saturated heterocycles. The first kappa shape index (κ1) is 14.4. The predicted molar refractivity (Wildman–Crippen MR) is 61.4 cm³/mol. The van der Waals surface area contributed by atoms with Gasteiger partial charge in [-0.15, -0.1) is 0 Å². The van der Waals surface area contributed by atoms with Gasteiger partial charge in [0.15, 0.2) is 0 Å². The van der Waals surface area contributed by atoms with Gasteiger partial charge in [0.2, 0.25) is 5.91 Å². The zero-order valence-electron chi connectivity index (χ0n) is 9.67. The fourth-order valence-electron chi connectivity index (χ4n) is 1.31. The SMILES string of the molecule is CC(N)CCCC(=O)NCCCCCO. The second-order valence-corrected chi connectivity index (χ2v) is 4.00. The van der Waals surface area contributed by atoms with Crippen molar-refractivity contribution in [3.8, 4) is 0 Å². The van der Waals surface area contributed by atoms with Crippen LogP contribution < -0.4 is 11.1 Å². The lowest BCUT2D eigenvalue weighted by Crippen LogP contribution is -2.24. The van der Waals surface area contributed by atoms with Crippen molar-refractivity contribution in [2.75, 3.05) is 13.2 Å². The highest BCUT2D eigenvalue weighted by atomic mass is 16.2. The highest BCUT2D eigenvalue weighted by molar-refractivity contribution is 5.75. The van der Waals surface area contributed by atoms with Crippen LogP contribution in [0.5, 0.6) is 0 Å². The van der Waals surface area contributed by atoms with Gasteiger partial charge >= 0.3 is 0 Å². The molecular formula is C11H24N2O2. The van der Waals surface area contributed by atoms with E-state index in [-0.39, 0.29) is 18.6 Å². The molecule has 0 heterocycles. The van der Waals surface area contributed by atoms with Gasteiger partial charge in [-0.25, -0.2) is 0 Å². The van der Waals surface area contributed by atoms with Gasteiger partial charge in [0, 0.05) is 25.6 Å². The molecule has 0 rings (SSSR count). The first-order chi connectivity index (χ1) is 7.16. The molecule has 0 aromatic carbocycles. The summed E-state index contributed by atoms with van der Waals surface area (Å²) in [5, 5.41) is 11.4. The van der Waals surface area contributed by atoms with E-state index in [1.807, 2.05) is 6.92 Å². The fourth-order valence-corrected chi connectivity index (χ4v) is 1.31. The van der Waals surface area contributed by atoms with Crippen molar-refractivity contribution in [1.29, 1.82) is 0 Å². The molecule has 0 spiro atoms. The van der Waals surface area contributed by atoms with Gasteiger partial charge < -0.3 is 16.2 Å². The van der Waals surface area contributed by atoms with Crippen LogP contribution in [0.15, 0.2) is 0 Å². The molecule has 15 heavy (non-hydrogen) atoms. The second-order valence-electron chi connectivity index (χ2n) is 4.00. The first-order valence-corrected chi connectivity index (χ1v) is 5.80. The number of amides is 1.